The summed E-state index contributed by atoms with van der Waals surface area (Å²) in [7, 11) is 0. The molecule has 0 fully saturated rings. The number of rotatable bonds is 15. The van der Waals surface area contributed by atoms with Crippen molar-refractivity contribution in [2.24, 2.45) is 5.73 Å². The van der Waals surface area contributed by atoms with Gasteiger partial charge in [-0.1, -0.05) is 64.7 Å². The zero-order valence-electron chi connectivity index (χ0n) is 13.2. The zero-order chi connectivity index (χ0) is 14.2. The molecule has 3 heteroatoms. The van der Waals surface area contributed by atoms with Crippen LogP contribution in [0.15, 0.2) is 0 Å². The molecule has 0 saturated carbocycles. The van der Waals surface area contributed by atoms with Crippen molar-refractivity contribution in [1.29, 1.82) is 0 Å². The molecule has 1 unspecified atom stereocenters. The first-order chi connectivity index (χ1) is 9.35. The van der Waals surface area contributed by atoms with Gasteiger partial charge in [0.15, 0.2) is 6.29 Å². The molecule has 0 aliphatic rings. The summed E-state index contributed by atoms with van der Waals surface area (Å²) in [6.07, 6.45) is 13.3. The van der Waals surface area contributed by atoms with Gasteiger partial charge in [-0.3, -0.25) is 0 Å². The minimum Gasteiger partial charge on any atom is -0.352 e. The molecule has 0 bridgehead atoms. The molecule has 0 radical (unpaired) electrons. The lowest BCUT2D eigenvalue weighted by molar-refractivity contribution is -0.133. The average molecular weight is 273 g/mol. The van der Waals surface area contributed by atoms with Crippen LogP contribution in [0, 0.1) is 0 Å². The highest BCUT2D eigenvalue weighted by molar-refractivity contribution is 4.48. The van der Waals surface area contributed by atoms with Crippen LogP contribution in [0.3, 0.4) is 0 Å². The van der Waals surface area contributed by atoms with Crippen molar-refractivity contribution in [3.8, 4) is 0 Å². The summed E-state index contributed by atoms with van der Waals surface area (Å²) in [6.45, 7) is 6.12. The Balaban J connectivity index is 3.09. The Labute approximate surface area is 120 Å². The van der Waals surface area contributed by atoms with E-state index in [-0.39, 0.29) is 6.29 Å². The fourth-order valence-electron chi connectivity index (χ4n) is 2.17. The van der Waals surface area contributed by atoms with Gasteiger partial charge in [0.1, 0.15) is 0 Å². The molecular formula is C16H35NO2. The third kappa shape index (κ3) is 14.1. The Morgan fingerprint density at radius 2 is 1.26 bits per heavy atom. The quantitative estimate of drug-likeness (QED) is 0.358. The van der Waals surface area contributed by atoms with Crippen LogP contribution in [0.5, 0.6) is 0 Å². The normalized spacial score (nSPS) is 12.8. The van der Waals surface area contributed by atoms with Crippen molar-refractivity contribution in [2.75, 3.05) is 19.8 Å². The minimum atomic E-state index is -0.205. The fourth-order valence-corrected chi connectivity index (χ4v) is 2.17. The predicted octanol–water partition coefficient (Wildman–Crippen LogP) is 4.25. The second kappa shape index (κ2) is 15.9. The van der Waals surface area contributed by atoms with Gasteiger partial charge in [-0.05, 0) is 13.3 Å². The first kappa shape index (κ1) is 18.9. The Morgan fingerprint density at radius 1 is 0.737 bits per heavy atom. The smallest absolute Gasteiger partial charge is 0.169 e. The summed E-state index contributed by atoms with van der Waals surface area (Å²) < 4.78 is 10.9. The van der Waals surface area contributed by atoms with Crippen molar-refractivity contribution in [3.63, 3.8) is 0 Å². The molecule has 19 heavy (non-hydrogen) atoms. The van der Waals surface area contributed by atoms with Crippen LogP contribution in [0.2, 0.25) is 0 Å². The average Bonchev–Trinajstić information content (AvgIpc) is 2.43. The van der Waals surface area contributed by atoms with Gasteiger partial charge in [0, 0.05) is 19.8 Å². The van der Waals surface area contributed by atoms with Crippen LogP contribution in [0.25, 0.3) is 0 Å². The molecule has 1 atom stereocenters. The minimum absolute atomic E-state index is 0.205. The summed E-state index contributed by atoms with van der Waals surface area (Å²) in [5, 5.41) is 0. The lowest BCUT2D eigenvalue weighted by atomic mass is 10.1. The van der Waals surface area contributed by atoms with Gasteiger partial charge in [-0.2, -0.15) is 0 Å². The standard InChI is InChI=1S/C16H35NO2/c1-3-5-6-7-8-9-10-11-12-13-14-19-16(15-17)18-4-2/h16H,3-15,17H2,1-2H3. The molecule has 0 saturated heterocycles. The number of ether oxygens (including phenoxy) is 2. The molecule has 2 N–H and O–H groups in total. The van der Waals surface area contributed by atoms with Gasteiger partial charge < -0.3 is 15.2 Å². The van der Waals surface area contributed by atoms with Crippen LogP contribution in [-0.4, -0.2) is 26.0 Å². The summed E-state index contributed by atoms with van der Waals surface area (Å²) in [5.74, 6) is 0. The second-order valence-corrected chi connectivity index (χ2v) is 5.17. The van der Waals surface area contributed by atoms with Crippen molar-refractivity contribution >= 4 is 0 Å². The van der Waals surface area contributed by atoms with E-state index in [4.69, 9.17) is 15.2 Å². The predicted molar refractivity (Wildman–Crippen MR) is 82.3 cm³/mol. The molecule has 0 spiro atoms. The fraction of sp³-hybridized carbons (Fsp3) is 1.00. The van der Waals surface area contributed by atoms with E-state index in [1.807, 2.05) is 6.92 Å². The maximum atomic E-state index is 5.56. The second-order valence-electron chi connectivity index (χ2n) is 5.17. The van der Waals surface area contributed by atoms with Crippen molar-refractivity contribution < 1.29 is 9.47 Å². The highest BCUT2D eigenvalue weighted by atomic mass is 16.7. The van der Waals surface area contributed by atoms with Crippen LogP contribution < -0.4 is 5.73 Å². The van der Waals surface area contributed by atoms with Crippen molar-refractivity contribution in [3.05, 3.63) is 0 Å². The highest BCUT2D eigenvalue weighted by Crippen LogP contribution is 2.10. The number of hydrogen-bond donors (Lipinski definition) is 1. The van der Waals surface area contributed by atoms with E-state index < -0.39 is 0 Å². The lowest BCUT2D eigenvalue weighted by Crippen LogP contribution is -2.27. The van der Waals surface area contributed by atoms with E-state index >= 15 is 0 Å². The molecule has 3 nitrogen and oxygen atoms in total. The molecule has 0 aliphatic heterocycles. The number of unbranched alkanes of at least 4 members (excludes halogenated alkanes) is 9. The molecule has 0 aromatic heterocycles. The van der Waals surface area contributed by atoms with Crippen LogP contribution in [0.1, 0.15) is 78.1 Å². The lowest BCUT2D eigenvalue weighted by Gasteiger charge is -2.15. The van der Waals surface area contributed by atoms with Gasteiger partial charge >= 0.3 is 0 Å². The van der Waals surface area contributed by atoms with Gasteiger partial charge in [0.25, 0.3) is 0 Å². The Hall–Kier alpha value is -0.120. The third-order valence-electron chi connectivity index (χ3n) is 3.35. The Morgan fingerprint density at radius 3 is 1.74 bits per heavy atom. The number of hydrogen-bond acceptors (Lipinski definition) is 3. The maximum absolute atomic E-state index is 5.56. The third-order valence-corrected chi connectivity index (χ3v) is 3.35. The molecular weight excluding hydrogens is 238 g/mol. The van der Waals surface area contributed by atoms with Gasteiger partial charge in [0.05, 0.1) is 0 Å². The van der Waals surface area contributed by atoms with E-state index in [2.05, 4.69) is 6.92 Å². The van der Waals surface area contributed by atoms with E-state index in [9.17, 15) is 0 Å². The SMILES string of the molecule is CCCCCCCCCCCCOC(CN)OCC. The molecule has 0 aromatic carbocycles. The molecule has 0 amide bonds. The Kier molecular flexibility index (Phi) is 15.8. The zero-order valence-corrected chi connectivity index (χ0v) is 13.2. The largest absolute Gasteiger partial charge is 0.352 e. The summed E-state index contributed by atoms with van der Waals surface area (Å²) >= 11 is 0. The van der Waals surface area contributed by atoms with E-state index in [0.29, 0.717) is 13.2 Å². The summed E-state index contributed by atoms with van der Waals surface area (Å²) in [4.78, 5) is 0. The molecule has 0 rings (SSSR count). The maximum Gasteiger partial charge on any atom is 0.169 e. The first-order valence-electron chi connectivity index (χ1n) is 8.28. The summed E-state index contributed by atoms with van der Waals surface area (Å²) in [5.41, 5.74) is 5.54. The van der Waals surface area contributed by atoms with Gasteiger partial charge in [0.2, 0.25) is 0 Å². The topological polar surface area (TPSA) is 44.5 Å². The molecule has 0 aromatic rings. The van der Waals surface area contributed by atoms with E-state index in [1.54, 1.807) is 0 Å². The van der Waals surface area contributed by atoms with Crippen molar-refractivity contribution in [1.82, 2.24) is 0 Å². The molecule has 0 heterocycles. The number of nitrogens with two attached hydrogens (primary N) is 1. The van der Waals surface area contributed by atoms with E-state index in [1.165, 1.54) is 57.8 Å². The highest BCUT2D eigenvalue weighted by Gasteiger charge is 2.04. The van der Waals surface area contributed by atoms with Gasteiger partial charge in [-0.25, -0.2) is 0 Å². The van der Waals surface area contributed by atoms with Crippen LogP contribution in [-0.2, 0) is 9.47 Å². The van der Waals surface area contributed by atoms with E-state index in [0.717, 1.165) is 13.0 Å². The van der Waals surface area contributed by atoms with Gasteiger partial charge in [-0.15, -0.1) is 0 Å². The van der Waals surface area contributed by atoms with Crippen molar-refractivity contribution in [2.45, 2.75) is 84.3 Å². The van der Waals surface area contributed by atoms with Crippen LogP contribution >= 0.6 is 0 Å². The van der Waals surface area contributed by atoms with Crippen LogP contribution in [0.4, 0.5) is 0 Å². The molecule has 0 aliphatic carbocycles. The Bertz CT molecular complexity index is 165. The molecule has 116 valence electrons. The monoisotopic (exact) mass is 273 g/mol. The summed E-state index contributed by atoms with van der Waals surface area (Å²) in [6, 6.07) is 0. The first-order valence-corrected chi connectivity index (χ1v) is 8.28.